The third-order valence-electron chi connectivity index (χ3n) is 2.40. The molecule has 0 aliphatic heterocycles. The number of nitrogens with one attached hydrogen (secondary N) is 1. The first-order valence-corrected chi connectivity index (χ1v) is 5.01. The van der Waals surface area contributed by atoms with E-state index in [1.807, 2.05) is 6.92 Å². The molecular weight excluding hydrogens is 210 g/mol. The van der Waals surface area contributed by atoms with Crippen molar-refractivity contribution in [3.05, 3.63) is 11.3 Å². The molecule has 1 rings (SSSR count). The van der Waals surface area contributed by atoms with E-state index in [4.69, 9.17) is 9.84 Å². The van der Waals surface area contributed by atoms with Gasteiger partial charge in [0.2, 0.25) is 0 Å². The Kier molecular flexibility index (Phi) is 3.89. The molecule has 0 aromatic carbocycles. The zero-order valence-corrected chi connectivity index (χ0v) is 9.94. The number of ether oxygens (including phenoxy) is 1. The molecule has 0 aliphatic rings. The Labute approximate surface area is 94.2 Å². The second-order valence-electron chi connectivity index (χ2n) is 3.66. The Morgan fingerprint density at radius 2 is 2.31 bits per heavy atom. The zero-order valence-electron chi connectivity index (χ0n) is 9.94. The molecule has 1 aromatic rings. The summed E-state index contributed by atoms with van der Waals surface area (Å²) in [5, 5.41) is 16.2. The average Bonchev–Trinajstić information content (AvgIpc) is 2.49. The fourth-order valence-electron chi connectivity index (χ4n) is 1.44. The van der Waals surface area contributed by atoms with E-state index in [0.29, 0.717) is 18.1 Å². The van der Waals surface area contributed by atoms with Gasteiger partial charge in [-0.15, -0.1) is 0 Å². The molecule has 2 N–H and O–H groups in total. The summed E-state index contributed by atoms with van der Waals surface area (Å²) in [6.07, 6.45) is 0.0110. The molecule has 16 heavy (non-hydrogen) atoms. The van der Waals surface area contributed by atoms with Gasteiger partial charge >= 0.3 is 5.97 Å². The summed E-state index contributed by atoms with van der Waals surface area (Å²) in [5.41, 5.74) is 0.716. The molecule has 0 aliphatic carbocycles. The van der Waals surface area contributed by atoms with Gasteiger partial charge in [0, 0.05) is 20.7 Å². The first kappa shape index (κ1) is 12.5. The van der Waals surface area contributed by atoms with Crippen LogP contribution in [-0.2, 0) is 11.8 Å². The highest BCUT2D eigenvalue weighted by molar-refractivity contribution is 5.94. The molecule has 6 nitrogen and oxygen atoms in total. The van der Waals surface area contributed by atoms with Crippen LogP contribution in [0.15, 0.2) is 0 Å². The lowest BCUT2D eigenvalue weighted by molar-refractivity contribution is 0.0697. The molecule has 0 spiro atoms. The Hall–Kier alpha value is -1.56. The second-order valence-corrected chi connectivity index (χ2v) is 3.66. The SMILES string of the molecule is COC(C)CNc1c(C(=O)O)c(C)nn1C. The molecule has 0 radical (unpaired) electrons. The molecule has 1 unspecified atom stereocenters. The maximum Gasteiger partial charge on any atom is 0.341 e. The fourth-order valence-corrected chi connectivity index (χ4v) is 1.44. The minimum atomic E-state index is -0.974. The predicted octanol–water partition coefficient (Wildman–Crippen LogP) is 0.874. The molecule has 0 fully saturated rings. The van der Waals surface area contributed by atoms with Crippen molar-refractivity contribution in [3.63, 3.8) is 0 Å². The van der Waals surface area contributed by atoms with Gasteiger partial charge in [0.05, 0.1) is 11.8 Å². The lowest BCUT2D eigenvalue weighted by Gasteiger charge is -2.12. The Morgan fingerprint density at radius 3 is 2.81 bits per heavy atom. The summed E-state index contributed by atoms with van der Waals surface area (Å²) in [7, 11) is 3.32. The summed E-state index contributed by atoms with van der Waals surface area (Å²) in [6.45, 7) is 4.11. The van der Waals surface area contributed by atoms with E-state index in [9.17, 15) is 4.79 Å². The number of carboxylic acids is 1. The molecule has 0 amide bonds. The zero-order chi connectivity index (χ0) is 12.3. The number of hydrogen-bond donors (Lipinski definition) is 2. The highest BCUT2D eigenvalue weighted by atomic mass is 16.5. The quantitative estimate of drug-likeness (QED) is 0.780. The van der Waals surface area contributed by atoms with Gasteiger partial charge in [-0.1, -0.05) is 0 Å². The minimum Gasteiger partial charge on any atom is -0.477 e. The summed E-state index contributed by atoms with van der Waals surface area (Å²) >= 11 is 0. The highest BCUT2D eigenvalue weighted by Gasteiger charge is 2.19. The predicted molar refractivity (Wildman–Crippen MR) is 59.9 cm³/mol. The van der Waals surface area contributed by atoms with Crippen molar-refractivity contribution in [1.29, 1.82) is 0 Å². The first-order chi connectivity index (χ1) is 7.47. The maximum atomic E-state index is 11.0. The molecule has 90 valence electrons. The van der Waals surface area contributed by atoms with Crippen LogP contribution in [0.5, 0.6) is 0 Å². The second kappa shape index (κ2) is 4.98. The van der Waals surface area contributed by atoms with E-state index in [-0.39, 0.29) is 11.7 Å². The topological polar surface area (TPSA) is 76.4 Å². The van der Waals surface area contributed by atoms with Gasteiger partial charge in [-0.2, -0.15) is 5.10 Å². The Morgan fingerprint density at radius 1 is 1.69 bits per heavy atom. The van der Waals surface area contributed by atoms with Crippen LogP contribution in [0, 0.1) is 6.92 Å². The standard InChI is InChI=1S/C10H17N3O3/c1-6(16-4)5-11-9-8(10(14)15)7(2)12-13(9)3/h6,11H,5H2,1-4H3,(H,14,15). The summed E-state index contributed by atoms with van der Waals surface area (Å²) in [6, 6.07) is 0. The fraction of sp³-hybridized carbons (Fsp3) is 0.600. The normalized spacial score (nSPS) is 12.5. The molecule has 0 saturated carbocycles. The highest BCUT2D eigenvalue weighted by Crippen LogP contribution is 2.18. The smallest absolute Gasteiger partial charge is 0.341 e. The summed E-state index contributed by atoms with van der Waals surface area (Å²) < 4.78 is 6.61. The van der Waals surface area contributed by atoms with Crippen molar-refractivity contribution in [2.75, 3.05) is 19.0 Å². The van der Waals surface area contributed by atoms with Gasteiger partial charge in [0.15, 0.2) is 0 Å². The van der Waals surface area contributed by atoms with E-state index in [2.05, 4.69) is 10.4 Å². The Balaban J connectivity index is 2.90. The third-order valence-corrected chi connectivity index (χ3v) is 2.40. The van der Waals surface area contributed by atoms with Crippen LogP contribution in [0.3, 0.4) is 0 Å². The van der Waals surface area contributed by atoms with Crippen LogP contribution in [-0.4, -0.2) is 40.6 Å². The lowest BCUT2D eigenvalue weighted by Crippen LogP contribution is -2.20. The molecule has 0 saturated heterocycles. The number of nitrogens with zero attached hydrogens (tertiary/aromatic N) is 2. The first-order valence-electron chi connectivity index (χ1n) is 5.01. The number of aromatic nitrogens is 2. The number of anilines is 1. The van der Waals surface area contributed by atoms with Gasteiger partial charge in [-0.25, -0.2) is 4.79 Å². The van der Waals surface area contributed by atoms with E-state index < -0.39 is 5.97 Å². The van der Waals surface area contributed by atoms with Crippen LogP contribution < -0.4 is 5.32 Å². The largest absolute Gasteiger partial charge is 0.477 e. The molecule has 1 heterocycles. The number of aromatic carboxylic acids is 1. The maximum absolute atomic E-state index is 11.0. The van der Waals surface area contributed by atoms with Gasteiger partial charge in [-0.05, 0) is 13.8 Å². The van der Waals surface area contributed by atoms with Crippen LogP contribution >= 0.6 is 0 Å². The minimum absolute atomic E-state index is 0.0110. The van der Waals surface area contributed by atoms with Crippen molar-refractivity contribution in [3.8, 4) is 0 Å². The van der Waals surface area contributed by atoms with E-state index in [1.54, 1.807) is 21.1 Å². The molecule has 6 heteroatoms. The molecule has 1 atom stereocenters. The van der Waals surface area contributed by atoms with Crippen LogP contribution in [0.2, 0.25) is 0 Å². The van der Waals surface area contributed by atoms with Crippen LogP contribution in [0.1, 0.15) is 23.0 Å². The van der Waals surface area contributed by atoms with E-state index in [0.717, 1.165) is 0 Å². The van der Waals surface area contributed by atoms with Gasteiger partial charge in [-0.3, -0.25) is 4.68 Å². The average molecular weight is 227 g/mol. The third kappa shape index (κ3) is 2.52. The molecule has 1 aromatic heterocycles. The van der Waals surface area contributed by atoms with Crippen molar-refractivity contribution in [2.24, 2.45) is 7.05 Å². The number of carbonyl (C=O) groups is 1. The molecule has 0 bridgehead atoms. The van der Waals surface area contributed by atoms with Crippen molar-refractivity contribution in [2.45, 2.75) is 20.0 Å². The number of carboxylic acid groups (broad SMARTS) is 1. The van der Waals surface area contributed by atoms with Gasteiger partial charge in [0.1, 0.15) is 11.4 Å². The van der Waals surface area contributed by atoms with Crippen molar-refractivity contribution < 1.29 is 14.6 Å². The van der Waals surface area contributed by atoms with Gasteiger partial charge < -0.3 is 15.2 Å². The summed E-state index contributed by atoms with van der Waals surface area (Å²) in [4.78, 5) is 11.0. The van der Waals surface area contributed by atoms with Crippen molar-refractivity contribution >= 4 is 11.8 Å². The van der Waals surface area contributed by atoms with Crippen LogP contribution in [0.25, 0.3) is 0 Å². The number of aryl methyl sites for hydroxylation is 2. The lowest BCUT2D eigenvalue weighted by atomic mass is 10.2. The summed E-state index contributed by atoms with van der Waals surface area (Å²) in [5.74, 6) is -0.466. The monoisotopic (exact) mass is 227 g/mol. The number of methoxy groups -OCH3 is 1. The van der Waals surface area contributed by atoms with E-state index in [1.165, 1.54) is 4.68 Å². The van der Waals surface area contributed by atoms with Crippen LogP contribution in [0.4, 0.5) is 5.82 Å². The molecular formula is C10H17N3O3. The van der Waals surface area contributed by atoms with Gasteiger partial charge in [0.25, 0.3) is 0 Å². The van der Waals surface area contributed by atoms with E-state index >= 15 is 0 Å². The number of rotatable bonds is 5. The van der Waals surface area contributed by atoms with Crippen molar-refractivity contribution in [1.82, 2.24) is 9.78 Å². The Bertz CT molecular complexity index is 387. The number of hydrogen-bond acceptors (Lipinski definition) is 4.